The van der Waals surface area contributed by atoms with Crippen LogP contribution in [0, 0.1) is 0 Å². The van der Waals surface area contributed by atoms with Crippen LogP contribution in [0.15, 0.2) is 66.7 Å². The Labute approximate surface area is 150 Å². The van der Waals surface area contributed by atoms with E-state index in [0.29, 0.717) is 27.9 Å². The number of ketones is 2. The third-order valence-electron chi connectivity index (χ3n) is 4.54. The number of anilines is 1. The molecule has 0 radical (unpaired) electrons. The van der Waals surface area contributed by atoms with Crippen LogP contribution in [0.1, 0.15) is 43.6 Å². The molecule has 4 rings (SSSR count). The van der Waals surface area contributed by atoms with E-state index in [9.17, 15) is 14.4 Å². The average Bonchev–Trinajstić information content (AvgIpc) is 2.94. The van der Waals surface area contributed by atoms with Crippen molar-refractivity contribution in [1.29, 1.82) is 0 Å². The van der Waals surface area contributed by atoms with Gasteiger partial charge in [-0.2, -0.15) is 0 Å². The smallest absolute Gasteiger partial charge is 0.255 e. The molecule has 0 fully saturated rings. The predicted octanol–water partition coefficient (Wildman–Crippen LogP) is 4.35. The number of carbonyl (C=O) groups is 3. The summed E-state index contributed by atoms with van der Waals surface area (Å²) in [5.41, 5.74) is 4.57. The van der Waals surface area contributed by atoms with Gasteiger partial charge < -0.3 is 5.32 Å². The van der Waals surface area contributed by atoms with Gasteiger partial charge in [0.05, 0.1) is 0 Å². The number of fused-ring (bicyclic) bond motifs is 3. The van der Waals surface area contributed by atoms with E-state index in [0.717, 1.165) is 11.1 Å². The molecule has 3 aromatic rings. The number of rotatable bonds is 3. The lowest BCUT2D eigenvalue weighted by atomic mass is 10.0. The first-order valence-corrected chi connectivity index (χ1v) is 8.25. The molecule has 3 aromatic carbocycles. The molecule has 0 unspecified atom stereocenters. The van der Waals surface area contributed by atoms with Crippen LogP contribution in [0.3, 0.4) is 0 Å². The van der Waals surface area contributed by atoms with Crippen LogP contribution in [-0.2, 0) is 0 Å². The fraction of sp³-hybridized carbons (Fsp3) is 0.0455. The lowest BCUT2D eigenvalue weighted by Gasteiger charge is -2.07. The van der Waals surface area contributed by atoms with Gasteiger partial charge in [-0.15, -0.1) is 0 Å². The second-order valence-electron chi connectivity index (χ2n) is 6.22. The molecule has 1 amide bonds. The molecule has 126 valence electrons. The Balaban J connectivity index is 1.60. The van der Waals surface area contributed by atoms with Gasteiger partial charge in [-0.3, -0.25) is 14.4 Å². The van der Waals surface area contributed by atoms with E-state index in [1.54, 1.807) is 42.5 Å². The van der Waals surface area contributed by atoms with E-state index in [4.69, 9.17) is 0 Å². The van der Waals surface area contributed by atoms with Crippen LogP contribution in [0.25, 0.3) is 11.1 Å². The molecule has 0 aromatic heterocycles. The Morgan fingerprint density at radius 2 is 1.35 bits per heavy atom. The topological polar surface area (TPSA) is 63.2 Å². The van der Waals surface area contributed by atoms with Gasteiger partial charge in [-0.1, -0.05) is 30.3 Å². The van der Waals surface area contributed by atoms with Crippen molar-refractivity contribution in [3.8, 4) is 11.1 Å². The Bertz CT molecular complexity index is 1070. The fourth-order valence-corrected chi connectivity index (χ4v) is 3.16. The average molecular weight is 341 g/mol. The number of benzene rings is 3. The highest BCUT2D eigenvalue weighted by Gasteiger charge is 2.27. The molecule has 0 heterocycles. The zero-order valence-corrected chi connectivity index (χ0v) is 14.1. The van der Waals surface area contributed by atoms with Gasteiger partial charge in [-0.25, -0.2) is 0 Å². The van der Waals surface area contributed by atoms with Crippen molar-refractivity contribution >= 4 is 23.2 Å². The van der Waals surface area contributed by atoms with Gasteiger partial charge in [0, 0.05) is 27.9 Å². The van der Waals surface area contributed by atoms with Gasteiger partial charge in [0.2, 0.25) is 0 Å². The SMILES string of the molecule is CC(=O)c1ccc(NC(=O)c2ccc3c(c2)C(=O)c2ccccc2-3)cc1. The number of hydrogen-bond acceptors (Lipinski definition) is 3. The normalized spacial score (nSPS) is 11.7. The van der Waals surface area contributed by atoms with E-state index in [1.807, 2.05) is 24.3 Å². The van der Waals surface area contributed by atoms with Gasteiger partial charge >= 0.3 is 0 Å². The number of hydrogen-bond donors (Lipinski definition) is 1. The number of nitrogens with one attached hydrogen (secondary N) is 1. The molecule has 0 saturated heterocycles. The first-order valence-electron chi connectivity index (χ1n) is 8.25. The summed E-state index contributed by atoms with van der Waals surface area (Å²) in [6, 6.07) is 19.3. The summed E-state index contributed by atoms with van der Waals surface area (Å²) in [7, 11) is 0. The van der Waals surface area contributed by atoms with Gasteiger partial charge in [0.1, 0.15) is 0 Å². The minimum atomic E-state index is -0.299. The molecule has 0 bridgehead atoms. The summed E-state index contributed by atoms with van der Waals surface area (Å²) < 4.78 is 0. The van der Waals surface area contributed by atoms with Gasteiger partial charge in [-0.05, 0) is 54.4 Å². The van der Waals surface area contributed by atoms with E-state index < -0.39 is 0 Å². The Morgan fingerprint density at radius 3 is 2.04 bits per heavy atom. The highest BCUT2D eigenvalue weighted by molar-refractivity contribution is 6.22. The lowest BCUT2D eigenvalue weighted by molar-refractivity contribution is 0.101. The number of carbonyl (C=O) groups excluding carboxylic acids is 3. The molecular formula is C22H15NO3. The van der Waals surface area contributed by atoms with Crippen LogP contribution < -0.4 is 5.32 Å². The van der Waals surface area contributed by atoms with Crippen molar-refractivity contribution in [2.24, 2.45) is 0 Å². The van der Waals surface area contributed by atoms with E-state index in [1.165, 1.54) is 6.92 Å². The standard InChI is InChI=1S/C22H15NO3/c1-13(24)14-6-9-16(10-7-14)23-22(26)15-8-11-18-17-4-2-3-5-19(17)21(25)20(18)12-15/h2-12H,1H3,(H,23,26). The summed E-state index contributed by atoms with van der Waals surface area (Å²) in [6.45, 7) is 1.49. The van der Waals surface area contributed by atoms with Crippen LogP contribution in [0.5, 0.6) is 0 Å². The highest BCUT2D eigenvalue weighted by atomic mass is 16.2. The van der Waals surface area contributed by atoms with Crippen molar-refractivity contribution < 1.29 is 14.4 Å². The molecule has 1 N–H and O–H groups in total. The monoisotopic (exact) mass is 341 g/mol. The van der Waals surface area contributed by atoms with Gasteiger partial charge in [0.25, 0.3) is 5.91 Å². The summed E-state index contributed by atoms with van der Waals surface area (Å²) >= 11 is 0. The minimum Gasteiger partial charge on any atom is -0.322 e. The van der Waals surface area contributed by atoms with Crippen molar-refractivity contribution in [3.05, 3.63) is 89.0 Å². The van der Waals surface area contributed by atoms with Crippen molar-refractivity contribution in [1.82, 2.24) is 0 Å². The zero-order valence-electron chi connectivity index (χ0n) is 14.1. The number of amides is 1. The van der Waals surface area contributed by atoms with Gasteiger partial charge in [0.15, 0.2) is 11.6 Å². The van der Waals surface area contributed by atoms with Crippen LogP contribution in [-0.4, -0.2) is 17.5 Å². The molecule has 0 spiro atoms. The van der Waals surface area contributed by atoms with E-state index >= 15 is 0 Å². The molecular weight excluding hydrogens is 326 g/mol. The Morgan fingerprint density at radius 1 is 0.731 bits per heavy atom. The van der Waals surface area contributed by atoms with E-state index in [-0.39, 0.29) is 17.5 Å². The van der Waals surface area contributed by atoms with Crippen LogP contribution >= 0.6 is 0 Å². The molecule has 26 heavy (non-hydrogen) atoms. The largest absolute Gasteiger partial charge is 0.322 e. The maximum Gasteiger partial charge on any atom is 0.255 e. The predicted molar refractivity (Wildman–Crippen MR) is 99.7 cm³/mol. The quantitative estimate of drug-likeness (QED) is 0.563. The maximum atomic E-state index is 12.6. The zero-order chi connectivity index (χ0) is 18.3. The lowest BCUT2D eigenvalue weighted by Crippen LogP contribution is -2.12. The molecule has 1 aliphatic rings. The minimum absolute atomic E-state index is 0.0282. The summed E-state index contributed by atoms with van der Waals surface area (Å²) in [6.07, 6.45) is 0. The Kier molecular flexibility index (Phi) is 3.73. The van der Waals surface area contributed by atoms with Crippen molar-refractivity contribution in [3.63, 3.8) is 0 Å². The summed E-state index contributed by atoms with van der Waals surface area (Å²) in [4.78, 5) is 36.4. The number of Topliss-reactive ketones (excluding diaryl/α,β-unsaturated/α-hetero) is 1. The first kappa shape index (κ1) is 16.0. The summed E-state index contributed by atoms with van der Waals surface area (Å²) in [5.74, 6) is -0.386. The molecule has 4 heteroatoms. The fourth-order valence-electron chi connectivity index (χ4n) is 3.16. The van der Waals surface area contributed by atoms with E-state index in [2.05, 4.69) is 5.32 Å². The maximum absolute atomic E-state index is 12.6. The second-order valence-corrected chi connectivity index (χ2v) is 6.22. The second kappa shape index (κ2) is 6.08. The Hall–Kier alpha value is -3.53. The van der Waals surface area contributed by atoms with Crippen molar-refractivity contribution in [2.75, 3.05) is 5.32 Å². The summed E-state index contributed by atoms with van der Waals surface area (Å²) in [5, 5.41) is 2.79. The highest BCUT2D eigenvalue weighted by Crippen LogP contribution is 2.36. The van der Waals surface area contributed by atoms with Crippen molar-refractivity contribution in [2.45, 2.75) is 6.92 Å². The molecule has 0 aliphatic heterocycles. The van der Waals surface area contributed by atoms with Crippen LogP contribution in [0.4, 0.5) is 5.69 Å². The van der Waals surface area contributed by atoms with Crippen LogP contribution in [0.2, 0.25) is 0 Å². The molecule has 0 saturated carbocycles. The third-order valence-corrected chi connectivity index (χ3v) is 4.54. The first-order chi connectivity index (χ1) is 12.5. The molecule has 1 aliphatic carbocycles. The molecule has 4 nitrogen and oxygen atoms in total. The third kappa shape index (κ3) is 2.62. The molecule has 0 atom stereocenters.